The van der Waals surface area contributed by atoms with Crippen molar-refractivity contribution < 1.29 is 9.59 Å². The lowest BCUT2D eigenvalue weighted by molar-refractivity contribution is -0.122. The van der Waals surface area contributed by atoms with Gasteiger partial charge >= 0.3 is 0 Å². The number of hydrogen-bond donors (Lipinski definition) is 2. The van der Waals surface area contributed by atoms with E-state index in [0.717, 1.165) is 59.0 Å². The van der Waals surface area contributed by atoms with Crippen molar-refractivity contribution in [3.05, 3.63) is 64.2 Å². The van der Waals surface area contributed by atoms with Crippen LogP contribution in [-0.2, 0) is 22.6 Å². The maximum absolute atomic E-state index is 12.9. The minimum absolute atomic E-state index is 0.125. The molecule has 0 radical (unpaired) electrons. The van der Waals surface area contributed by atoms with E-state index < -0.39 is 0 Å². The Kier molecular flexibility index (Phi) is 6.74. The van der Waals surface area contributed by atoms with Crippen LogP contribution in [0.3, 0.4) is 0 Å². The third-order valence-electron chi connectivity index (χ3n) is 6.23. The number of hydrogen-bond acceptors (Lipinski definition) is 6. The fraction of sp³-hybridized carbons (Fsp3) is 0.400. The van der Waals surface area contributed by atoms with Crippen LogP contribution in [0, 0.1) is 27.7 Å². The molecule has 1 atom stereocenters. The Morgan fingerprint density at radius 1 is 1.12 bits per heavy atom. The van der Waals surface area contributed by atoms with Crippen LogP contribution in [0.4, 0.5) is 5.69 Å². The summed E-state index contributed by atoms with van der Waals surface area (Å²) in [6.45, 7) is 9.12. The average Bonchev–Trinajstić information content (AvgIpc) is 3.33. The molecule has 1 aliphatic heterocycles. The van der Waals surface area contributed by atoms with Gasteiger partial charge in [-0.15, -0.1) is 0 Å². The van der Waals surface area contributed by atoms with Gasteiger partial charge in [-0.25, -0.2) is 14.6 Å². The molecule has 9 nitrogen and oxygen atoms in total. The number of amides is 2. The Hall–Kier alpha value is -3.59. The highest BCUT2D eigenvalue weighted by Crippen LogP contribution is 2.22. The zero-order valence-electron chi connectivity index (χ0n) is 20.1. The number of benzene rings is 1. The summed E-state index contributed by atoms with van der Waals surface area (Å²) in [5, 5.41) is 7.58. The molecule has 3 heterocycles. The number of rotatable bonds is 7. The minimum Gasteiger partial charge on any atom is -0.368 e. The van der Waals surface area contributed by atoms with Crippen LogP contribution >= 0.6 is 0 Å². The summed E-state index contributed by atoms with van der Waals surface area (Å²) in [5.74, 6) is 0.105. The van der Waals surface area contributed by atoms with E-state index in [9.17, 15) is 9.59 Å². The number of carbonyl (C=O) groups excluding carboxylic acids is 2. The van der Waals surface area contributed by atoms with Crippen molar-refractivity contribution in [1.82, 2.24) is 24.6 Å². The number of nitrogens with two attached hydrogens (primary N) is 1. The third-order valence-corrected chi connectivity index (χ3v) is 6.23. The van der Waals surface area contributed by atoms with Gasteiger partial charge in [0.15, 0.2) is 0 Å². The van der Waals surface area contributed by atoms with Crippen molar-refractivity contribution in [3.63, 3.8) is 0 Å². The van der Waals surface area contributed by atoms with Crippen molar-refractivity contribution in [2.75, 3.05) is 11.9 Å². The molecule has 1 aliphatic rings. The average molecular weight is 462 g/mol. The molecule has 0 saturated carbocycles. The second kappa shape index (κ2) is 9.72. The normalized spacial score (nSPS) is 16.1. The first-order chi connectivity index (χ1) is 16.2. The molecule has 4 rings (SSSR count). The molecule has 0 spiro atoms. The molecule has 178 valence electrons. The van der Waals surface area contributed by atoms with Gasteiger partial charge in [-0.1, -0.05) is 12.1 Å². The highest BCUT2D eigenvalue weighted by molar-refractivity contribution is 5.92. The predicted molar refractivity (Wildman–Crippen MR) is 130 cm³/mol. The second-order valence-corrected chi connectivity index (χ2v) is 8.97. The van der Waals surface area contributed by atoms with E-state index in [4.69, 9.17) is 5.73 Å². The Morgan fingerprint density at radius 2 is 1.85 bits per heavy atom. The van der Waals surface area contributed by atoms with Crippen LogP contribution in [0.2, 0.25) is 0 Å². The number of aromatic nitrogens is 4. The van der Waals surface area contributed by atoms with Crippen LogP contribution < -0.4 is 11.1 Å². The molecule has 1 fully saturated rings. The van der Waals surface area contributed by atoms with Crippen LogP contribution in [0.25, 0.3) is 5.95 Å². The topological polar surface area (TPSA) is 119 Å². The quantitative estimate of drug-likeness (QED) is 0.558. The lowest BCUT2D eigenvalue weighted by Crippen LogP contribution is -2.39. The van der Waals surface area contributed by atoms with Crippen LogP contribution in [0.5, 0.6) is 0 Å². The monoisotopic (exact) mass is 461 g/mol. The second-order valence-electron chi connectivity index (χ2n) is 8.97. The Balaban J connectivity index is 1.46. The molecule has 3 aromatic rings. The zero-order valence-corrected chi connectivity index (χ0v) is 20.1. The summed E-state index contributed by atoms with van der Waals surface area (Å²) in [7, 11) is 0. The molecule has 1 aromatic carbocycles. The summed E-state index contributed by atoms with van der Waals surface area (Å²) in [6.07, 6.45) is 1.96. The van der Waals surface area contributed by atoms with Gasteiger partial charge < -0.3 is 11.1 Å². The Morgan fingerprint density at radius 3 is 2.56 bits per heavy atom. The molecule has 0 bridgehead atoms. The van der Waals surface area contributed by atoms with Gasteiger partial charge in [0, 0.05) is 34.9 Å². The first-order valence-electron chi connectivity index (χ1n) is 11.5. The molecule has 2 amide bonds. The van der Waals surface area contributed by atoms with Gasteiger partial charge in [0.25, 0.3) is 5.95 Å². The van der Waals surface area contributed by atoms with Crippen LogP contribution in [-0.4, -0.2) is 49.0 Å². The molecule has 2 aromatic heterocycles. The summed E-state index contributed by atoms with van der Waals surface area (Å²) in [4.78, 5) is 35.6. The molecular weight excluding hydrogens is 430 g/mol. The van der Waals surface area contributed by atoms with Gasteiger partial charge in [-0.3, -0.25) is 14.5 Å². The van der Waals surface area contributed by atoms with Gasteiger partial charge in [0.1, 0.15) is 0 Å². The fourth-order valence-electron chi connectivity index (χ4n) is 4.61. The summed E-state index contributed by atoms with van der Waals surface area (Å²) in [5.41, 5.74) is 11.5. The SMILES string of the molecule is Cc1cc(C)nc(-n2nc(C)c(CC(=O)Nc3cccc(CN4CCCC4C(N)=O)c3)c2C)n1. The molecule has 34 heavy (non-hydrogen) atoms. The molecular formula is C25H31N7O2. The predicted octanol–water partition coefficient (Wildman–Crippen LogP) is 2.53. The van der Waals surface area contributed by atoms with Crippen molar-refractivity contribution >= 4 is 17.5 Å². The molecule has 1 saturated heterocycles. The van der Waals surface area contributed by atoms with E-state index in [1.807, 2.05) is 58.0 Å². The number of likely N-dealkylation sites (tertiary alicyclic amines) is 1. The van der Waals surface area contributed by atoms with E-state index >= 15 is 0 Å². The van der Waals surface area contributed by atoms with Crippen molar-refractivity contribution in [2.24, 2.45) is 5.73 Å². The highest BCUT2D eigenvalue weighted by atomic mass is 16.2. The fourth-order valence-corrected chi connectivity index (χ4v) is 4.61. The number of aryl methyl sites for hydroxylation is 3. The number of primary amides is 1. The van der Waals surface area contributed by atoms with Crippen molar-refractivity contribution in [1.29, 1.82) is 0 Å². The van der Waals surface area contributed by atoms with Gasteiger partial charge in [0.2, 0.25) is 11.8 Å². The first-order valence-corrected chi connectivity index (χ1v) is 11.5. The van der Waals surface area contributed by atoms with E-state index in [1.165, 1.54) is 0 Å². The van der Waals surface area contributed by atoms with Crippen LogP contribution in [0.1, 0.15) is 46.7 Å². The van der Waals surface area contributed by atoms with Crippen molar-refractivity contribution in [3.8, 4) is 5.95 Å². The van der Waals surface area contributed by atoms with E-state index in [2.05, 4.69) is 25.3 Å². The smallest absolute Gasteiger partial charge is 0.251 e. The zero-order chi connectivity index (χ0) is 24.4. The number of carbonyl (C=O) groups is 2. The first kappa shape index (κ1) is 23.6. The lowest BCUT2D eigenvalue weighted by Gasteiger charge is -2.22. The Bertz CT molecular complexity index is 1210. The molecule has 3 N–H and O–H groups in total. The van der Waals surface area contributed by atoms with Gasteiger partial charge in [0.05, 0.1) is 18.2 Å². The van der Waals surface area contributed by atoms with Gasteiger partial charge in [-0.2, -0.15) is 5.10 Å². The summed E-state index contributed by atoms with van der Waals surface area (Å²) in [6, 6.07) is 9.40. The summed E-state index contributed by atoms with van der Waals surface area (Å²) >= 11 is 0. The largest absolute Gasteiger partial charge is 0.368 e. The van der Waals surface area contributed by atoms with Crippen LogP contribution in [0.15, 0.2) is 30.3 Å². The summed E-state index contributed by atoms with van der Waals surface area (Å²) < 4.78 is 1.70. The third kappa shape index (κ3) is 5.14. The molecule has 1 unspecified atom stereocenters. The maximum atomic E-state index is 12.9. The molecule has 0 aliphatic carbocycles. The lowest BCUT2D eigenvalue weighted by atomic mass is 10.1. The van der Waals surface area contributed by atoms with Crippen molar-refractivity contribution in [2.45, 2.75) is 59.5 Å². The van der Waals surface area contributed by atoms with Gasteiger partial charge in [-0.05, 0) is 70.8 Å². The van der Waals surface area contributed by atoms with E-state index in [0.29, 0.717) is 12.5 Å². The highest BCUT2D eigenvalue weighted by Gasteiger charge is 2.28. The molecule has 9 heteroatoms. The Labute approximate surface area is 199 Å². The minimum atomic E-state index is -0.278. The van der Waals surface area contributed by atoms with E-state index in [-0.39, 0.29) is 24.3 Å². The standard InChI is InChI=1S/C25H31N7O2/c1-15-11-16(2)28-25(27-15)32-18(4)21(17(3)30-32)13-23(33)29-20-8-5-7-19(12-20)14-31-10-6-9-22(31)24(26)34/h5,7-8,11-12,22H,6,9-10,13-14H2,1-4H3,(H2,26,34)(H,29,33). The maximum Gasteiger partial charge on any atom is 0.251 e. The number of nitrogens with zero attached hydrogens (tertiary/aromatic N) is 5. The number of nitrogens with one attached hydrogen (secondary N) is 1. The number of anilines is 1. The van der Waals surface area contributed by atoms with E-state index in [1.54, 1.807) is 4.68 Å².